The van der Waals surface area contributed by atoms with Crippen LogP contribution < -0.4 is 5.32 Å². The SMILES string of the molecule is CCCCCC/C=C/CC/C=C/CC/C=C/C(O)C(COP(=O)(O)OCC[N+](C)(C)C)NC(=O)CCCCCCCCCCCCCCCCCCCCCCCCCCCCCCCCCCC. The lowest BCUT2D eigenvalue weighted by molar-refractivity contribution is -0.870. The standard InChI is InChI=1S/C60H117N2O6P/c1-6-8-10-12-14-16-18-20-22-23-24-25-26-27-28-29-30-31-32-33-34-35-36-37-38-39-40-42-44-46-48-50-52-54-60(64)61-58(57-68-69(65,66)67-56-55-62(3,4)5)59(63)53-51-49-47-45-43-41-21-19-17-15-13-11-9-7-2/h17,19,43,45,51,53,58-59,63H,6-16,18,20-42,44,46-50,52,54-57H2,1-5H3,(H-,61,64,65,66)/p+1/b19-17+,45-43+,53-51+. The summed E-state index contributed by atoms with van der Waals surface area (Å²) in [5.74, 6) is -0.187. The number of carbonyl (C=O) groups is 1. The molecule has 0 aromatic heterocycles. The van der Waals surface area contributed by atoms with E-state index in [2.05, 4.69) is 43.5 Å². The number of allylic oxidation sites excluding steroid dienone is 5. The fourth-order valence-electron chi connectivity index (χ4n) is 8.90. The van der Waals surface area contributed by atoms with Gasteiger partial charge in [-0.3, -0.25) is 13.8 Å². The van der Waals surface area contributed by atoms with Crippen molar-refractivity contribution in [2.24, 2.45) is 0 Å². The average molecular weight is 995 g/mol. The van der Waals surface area contributed by atoms with Crippen LogP contribution >= 0.6 is 7.82 Å². The molecule has 0 saturated carbocycles. The molecule has 3 atom stereocenters. The first-order valence-electron chi connectivity index (χ1n) is 29.9. The van der Waals surface area contributed by atoms with Gasteiger partial charge in [0.2, 0.25) is 5.91 Å². The summed E-state index contributed by atoms with van der Waals surface area (Å²) in [6.45, 7) is 4.79. The Morgan fingerprint density at radius 3 is 1.16 bits per heavy atom. The van der Waals surface area contributed by atoms with Crippen molar-refractivity contribution in [3.63, 3.8) is 0 Å². The molecule has 0 spiro atoms. The monoisotopic (exact) mass is 994 g/mol. The van der Waals surface area contributed by atoms with Gasteiger partial charge in [-0.2, -0.15) is 0 Å². The highest BCUT2D eigenvalue weighted by Crippen LogP contribution is 2.43. The summed E-state index contributed by atoms with van der Waals surface area (Å²) in [6.07, 6.45) is 67.1. The summed E-state index contributed by atoms with van der Waals surface area (Å²) in [5, 5.41) is 13.9. The zero-order chi connectivity index (χ0) is 50.6. The molecule has 0 aliphatic rings. The Morgan fingerprint density at radius 1 is 0.478 bits per heavy atom. The number of aliphatic hydroxyl groups excluding tert-OH is 1. The minimum absolute atomic E-state index is 0.0549. The molecular formula is C60H118N2O6P+. The number of nitrogens with one attached hydrogen (secondary N) is 1. The summed E-state index contributed by atoms with van der Waals surface area (Å²) in [7, 11) is 1.55. The number of phosphoric acid groups is 1. The number of unbranched alkanes of at least 4 members (excludes halogenated alkanes) is 38. The van der Waals surface area contributed by atoms with E-state index in [0.29, 0.717) is 17.4 Å². The Kier molecular flexibility index (Phi) is 50.7. The third kappa shape index (κ3) is 54.3. The number of quaternary nitrogens is 1. The quantitative estimate of drug-likeness (QED) is 0.0243. The molecular weight excluding hydrogens is 876 g/mol. The molecule has 9 heteroatoms. The van der Waals surface area contributed by atoms with Gasteiger partial charge in [-0.05, 0) is 44.9 Å². The lowest BCUT2D eigenvalue weighted by Crippen LogP contribution is -2.45. The van der Waals surface area contributed by atoms with Gasteiger partial charge in [-0.1, -0.05) is 275 Å². The lowest BCUT2D eigenvalue weighted by atomic mass is 10.0. The Morgan fingerprint density at radius 2 is 0.797 bits per heavy atom. The minimum atomic E-state index is -4.35. The van der Waals surface area contributed by atoms with E-state index in [-0.39, 0.29) is 19.1 Å². The van der Waals surface area contributed by atoms with E-state index in [1.165, 1.54) is 225 Å². The van der Waals surface area contributed by atoms with Crippen LogP contribution in [0.3, 0.4) is 0 Å². The van der Waals surface area contributed by atoms with Crippen LogP contribution in [0.25, 0.3) is 0 Å². The lowest BCUT2D eigenvalue weighted by Gasteiger charge is -2.25. The van der Waals surface area contributed by atoms with Crippen molar-refractivity contribution in [1.82, 2.24) is 5.32 Å². The summed E-state index contributed by atoms with van der Waals surface area (Å²) in [6, 6.07) is -0.867. The van der Waals surface area contributed by atoms with Crippen molar-refractivity contribution in [3.8, 4) is 0 Å². The van der Waals surface area contributed by atoms with E-state index in [4.69, 9.17) is 9.05 Å². The number of hydrogen-bond donors (Lipinski definition) is 3. The number of hydrogen-bond acceptors (Lipinski definition) is 5. The first kappa shape index (κ1) is 67.7. The summed E-state index contributed by atoms with van der Waals surface area (Å²) in [5.41, 5.74) is 0. The Bertz CT molecular complexity index is 1220. The van der Waals surface area contributed by atoms with Gasteiger partial charge >= 0.3 is 7.82 Å². The van der Waals surface area contributed by atoms with E-state index in [9.17, 15) is 19.4 Å². The molecule has 408 valence electrons. The molecule has 0 radical (unpaired) electrons. The first-order chi connectivity index (χ1) is 33.5. The van der Waals surface area contributed by atoms with Crippen molar-refractivity contribution in [3.05, 3.63) is 36.5 Å². The van der Waals surface area contributed by atoms with Crippen molar-refractivity contribution < 1.29 is 32.9 Å². The van der Waals surface area contributed by atoms with Crippen LogP contribution in [0, 0.1) is 0 Å². The molecule has 0 aromatic carbocycles. The molecule has 1 amide bonds. The third-order valence-corrected chi connectivity index (χ3v) is 14.6. The van der Waals surface area contributed by atoms with Gasteiger partial charge in [-0.15, -0.1) is 0 Å². The molecule has 3 unspecified atom stereocenters. The van der Waals surface area contributed by atoms with Crippen LogP contribution in [-0.2, 0) is 18.4 Å². The maximum Gasteiger partial charge on any atom is 0.472 e. The van der Waals surface area contributed by atoms with E-state index in [0.717, 1.165) is 44.9 Å². The fraction of sp³-hybridized carbons (Fsp3) is 0.883. The second-order valence-corrected chi connectivity index (χ2v) is 23.2. The summed E-state index contributed by atoms with van der Waals surface area (Å²) < 4.78 is 23.6. The van der Waals surface area contributed by atoms with Crippen molar-refractivity contribution in [2.75, 3.05) is 40.9 Å². The zero-order valence-corrected chi connectivity index (χ0v) is 47.5. The first-order valence-corrected chi connectivity index (χ1v) is 31.4. The smallest absolute Gasteiger partial charge is 0.387 e. The normalized spacial score (nSPS) is 14.1. The fourth-order valence-corrected chi connectivity index (χ4v) is 9.64. The molecule has 0 rings (SSSR count). The van der Waals surface area contributed by atoms with Gasteiger partial charge in [0.15, 0.2) is 0 Å². The van der Waals surface area contributed by atoms with Crippen molar-refractivity contribution in [1.29, 1.82) is 0 Å². The highest BCUT2D eigenvalue weighted by atomic mass is 31.2. The van der Waals surface area contributed by atoms with Gasteiger partial charge in [0.1, 0.15) is 13.2 Å². The predicted octanol–water partition coefficient (Wildman–Crippen LogP) is 18.2. The van der Waals surface area contributed by atoms with E-state index < -0.39 is 20.0 Å². The van der Waals surface area contributed by atoms with E-state index >= 15 is 0 Å². The van der Waals surface area contributed by atoms with Crippen molar-refractivity contribution >= 4 is 13.7 Å². The van der Waals surface area contributed by atoms with Gasteiger partial charge < -0.3 is 19.8 Å². The van der Waals surface area contributed by atoms with Gasteiger partial charge in [0.05, 0.1) is 39.9 Å². The van der Waals surface area contributed by atoms with E-state index in [1.807, 2.05) is 27.2 Å². The highest BCUT2D eigenvalue weighted by Gasteiger charge is 2.27. The molecule has 0 aliphatic carbocycles. The largest absolute Gasteiger partial charge is 0.472 e. The molecule has 0 aliphatic heterocycles. The Hall–Kier alpha value is -1.28. The molecule has 3 N–H and O–H groups in total. The molecule has 0 saturated heterocycles. The maximum atomic E-state index is 13.0. The number of phosphoric ester groups is 1. The Labute approximate surface area is 429 Å². The molecule has 8 nitrogen and oxygen atoms in total. The van der Waals surface area contributed by atoms with Crippen LogP contribution in [-0.4, -0.2) is 73.4 Å². The van der Waals surface area contributed by atoms with Crippen LogP contribution in [0.15, 0.2) is 36.5 Å². The average Bonchev–Trinajstić information content (AvgIpc) is 3.31. The molecule has 69 heavy (non-hydrogen) atoms. The number of amides is 1. The molecule has 0 heterocycles. The van der Waals surface area contributed by atoms with Crippen LogP contribution in [0.5, 0.6) is 0 Å². The highest BCUT2D eigenvalue weighted by molar-refractivity contribution is 7.47. The minimum Gasteiger partial charge on any atom is -0.387 e. The number of rotatable bonds is 55. The number of carbonyl (C=O) groups excluding carboxylic acids is 1. The third-order valence-electron chi connectivity index (χ3n) is 13.6. The van der Waals surface area contributed by atoms with Crippen molar-refractivity contribution in [2.45, 2.75) is 302 Å². The zero-order valence-electron chi connectivity index (χ0n) is 46.6. The van der Waals surface area contributed by atoms with Crippen LogP contribution in [0.1, 0.15) is 290 Å². The second kappa shape index (κ2) is 51.6. The molecule has 0 fully saturated rings. The number of aliphatic hydroxyl groups is 1. The van der Waals surface area contributed by atoms with Gasteiger partial charge in [0, 0.05) is 6.42 Å². The van der Waals surface area contributed by atoms with E-state index in [1.54, 1.807) is 6.08 Å². The van der Waals surface area contributed by atoms with Crippen LogP contribution in [0.4, 0.5) is 0 Å². The molecule has 0 aromatic rings. The Balaban J connectivity index is 4.00. The molecule has 0 bridgehead atoms. The maximum absolute atomic E-state index is 13.0. The van der Waals surface area contributed by atoms with Gasteiger partial charge in [0.25, 0.3) is 0 Å². The number of nitrogens with zero attached hydrogens (tertiary/aromatic N) is 1. The van der Waals surface area contributed by atoms with Gasteiger partial charge in [-0.25, -0.2) is 4.57 Å². The second-order valence-electron chi connectivity index (χ2n) is 21.7. The number of likely N-dealkylation sites (N-methyl/N-ethyl adjacent to an activating group) is 1. The topological polar surface area (TPSA) is 105 Å². The summed E-state index contributed by atoms with van der Waals surface area (Å²) >= 11 is 0. The van der Waals surface area contributed by atoms with Crippen LogP contribution in [0.2, 0.25) is 0 Å². The predicted molar refractivity (Wildman–Crippen MR) is 300 cm³/mol. The summed E-state index contributed by atoms with van der Waals surface area (Å²) in [4.78, 5) is 23.3.